The van der Waals surface area contributed by atoms with Gasteiger partial charge in [0.15, 0.2) is 11.1 Å². The largest absolute Gasteiger partial charge is 0.357 e. The zero-order chi connectivity index (χ0) is 17.4. The molecule has 0 saturated carbocycles. The molecule has 0 saturated heterocycles. The predicted molar refractivity (Wildman–Crippen MR) is 104 cm³/mol. The number of hydrogen-bond donors (Lipinski definition) is 2. The molecule has 5 nitrogen and oxygen atoms in total. The number of thiazole rings is 1. The lowest BCUT2D eigenvalue weighted by atomic mass is 10.1. The maximum atomic E-state index is 6.01. The predicted octanol–water partition coefficient (Wildman–Crippen LogP) is 3.16. The van der Waals surface area contributed by atoms with E-state index < -0.39 is 0 Å². The summed E-state index contributed by atoms with van der Waals surface area (Å²) in [5.74, 6) is 0.805. The summed E-state index contributed by atoms with van der Waals surface area (Å²) in [4.78, 5) is 11.2. The van der Waals surface area contributed by atoms with E-state index in [0.717, 1.165) is 41.3 Å². The third kappa shape index (κ3) is 6.02. The maximum Gasteiger partial charge on any atom is 0.191 e. The van der Waals surface area contributed by atoms with Crippen LogP contribution >= 0.6 is 22.9 Å². The third-order valence-corrected chi connectivity index (χ3v) is 4.55. The minimum atomic E-state index is 0.566. The molecule has 130 valence electrons. The number of hydrogen-bond acceptors (Lipinski definition) is 4. The summed E-state index contributed by atoms with van der Waals surface area (Å²) in [6.07, 6.45) is 0.895. The fourth-order valence-electron chi connectivity index (χ4n) is 2.09. The Hall–Kier alpha value is -1.79. The van der Waals surface area contributed by atoms with Gasteiger partial charge in [-0.1, -0.05) is 23.7 Å². The maximum absolute atomic E-state index is 6.01. The van der Waals surface area contributed by atoms with Crippen LogP contribution < -0.4 is 15.5 Å². The molecule has 1 aromatic carbocycles. The standard InChI is InChI=1S/C17H24ClN5S/c1-4-19-16(20-9-8-13-6-5-7-14(18)10-13)21-11-15-12-24-17(22-15)23(2)3/h5-7,10,12H,4,8-9,11H2,1-3H3,(H2,19,20,21). The first-order chi connectivity index (χ1) is 11.6. The molecule has 0 bridgehead atoms. The zero-order valence-corrected chi connectivity index (χ0v) is 15.9. The first-order valence-electron chi connectivity index (χ1n) is 7.97. The van der Waals surface area contributed by atoms with Crippen LogP contribution in [0.1, 0.15) is 18.2 Å². The van der Waals surface area contributed by atoms with Crippen LogP contribution in [0.4, 0.5) is 5.13 Å². The molecule has 1 heterocycles. The lowest BCUT2D eigenvalue weighted by Gasteiger charge is -2.11. The molecule has 2 aromatic rings. The molecular formula is C17H24ClN5S. The molecule has 0 fully saturated rings. The SMILES string of the molecule is CCNC(=NCc1csc(N(C)C)n1)NCCc1cccc(Cl)c1. The van der Waals surface area contributed by atoms with E-state index in [1.807, 2.05) is 42.6 Å². The monoisotopic (exact) mass is 365 g/mol. The second kappa shape index (κ2) is 9.49. The fraction of sp³-hybridized carbons (Fsp3) is 0.412. The third-order valence-electron chi connectivity index (χ3n) is 3.26. The van der Waals surface area contributed by atoms with Crippen molar-refractivity contribution in [1.29, 1.82) is 0 Å². The number of anilines is 1. The van der Waals surface area contributed by atoms with E-state index >= 15 is 0 Å². The number of rotatable bonds is 7. The highest BCUT2D eigenvalue weighted by Gasteiger charge is 2.04. The first-order valence-corrected chi connectivity index (χ1v) is 9.22. The Bertz CT molecular complexity index is 669. The van der Waals surface area contributed by atoms with Crippen LogP contribution in [0.2, 0.25) is 5.02 Å². The van der Waals surface area contributed by atoms with Gasteiger partial charge in [-0.05, 0) is 31.0 Å². The Kier molecular flexibility index (Phi) is 7.34. The van der Waals surface area contributed by atoms with E-state index in [4.69, 9.17) is 11.6 Å². The lowest BCUT2D eigenvalue weighted by molar-refractivity contribution is 0.797. The Morgan fingerprint density at radius 3 is 2.83 bits per heavy atom. The molecule has 7 heteroatoms. The summed E-state index contributed by atoms with van der Waals surface area (Å²) >= 11 is 7.64. The summed E-state index contributed by atoms with van der Waals surface area (Å²) in [7, 11) is 3.99. The van der Waals surface area contributed by atoms with Crippen molar-refractivity contribution in [2.24, 2.45) is 4.99 Å². The molecule has 24 heavy (non-hydrogen) atoms. The summed E-state index contributed by atoms with van der Waals surface area (Å²) in [5.41, 5.74) is 2.19. The van der Waals surface area contributed by atoms with Gasteiger partial charge < -0.3 is 15.5 Å². The van der Waals surface area contributed by atoms with E-state index in [1.54, 1.807) is 11.3 Å². The molecule has 0 atom stereocenters. The zero-order valence-electron chi connectivity index (χ0n) is 14.3. The Balaban J connectivity index is 1.87. The fourth-order valence-corrected chi connectivity index (χ4v) is 3.06. The van der Waals surface area contributed by atoms with Gasteiger partial charge in [0.05, 0.1) is 12.2 Å². The van der Waals surface area contributed by atoms with Gasteiger partial charge >= 0.3 is 0 Å². The van der Waals surface area contributed by atoms with E-state index in [-0.39, 0.29) is 0 Å². The van der Waals surface area contributed by atoms with Gasteiger partial charge in [0.1, 0.15) is 0 Å². The van der Waals surface area contributed by atoms with Crippen LogP contribution in [0, 0.1) is 0 Å². The Morgan fingerprint density at radius 1 is 1.33 bits per heavy atom. The van der Waals surface area contributed by atoms with Gasteiger partial charge in [-0.25, -0.2) is 9.98 Å². The molecular weight excluding hydrogens is 342 g/mol. The highest BCUT2D eigenvalue weighted by atomic mass is 35.5. The van der Waals surface area contributed by atoms with Gasteiger partial charge in [0.25, 0.3) is 0 Å². The van der Waals surface area contributed by atoms with Gasteiger partial charge in [0.2, 0.25) is 0 Å². The number of nitrogens with zero attached hydrogens (tertiary/aromatic N) is 3. The molecule has 0 aliphatic heterocycles. The molecule has 0 unspecified atom stereocenters. The summed E-state index contributed by atoms with van der Waals surface area (Å²) in [5, 5.41) is 10.4. The second-order valence-corrected chi connectivity index (χ2v) is 6.79. The van der Waals surface area contributed by atoms with E-state index in [2.05, 4.69) is 33.6 Å². The van der Waals surface area contributed by atoms with Crippen LogP contribution in [0.5, 0.6) is 0 Å². The van der Waals surface area contributed by atoms with Crippen molar-refractivity contribution in [2.75, 3.05) is 32.1 Å². The van der Waals surface area contributed by atoms with Crippen molar-refractivity contribution >= 4 is 34.0 Å². The molecule has 2 N–H and O–H groups in total. The minimum Gasteiger partial charge on any atom is -0.357 e. The smallest absolute Gasteiger partial charge is 0.191 e. The number of aromatic nitrogens is 1. The van der Waals surface area contributed by atoms with E-state index in [0.29, 0.717) is 6.54 Å². The normalized spacial score (nSPS) is 11.4. The molecule has 0 spiro atoms. The average Bonchev–Trinajstić information content (AvgIpc) is 3.02. The number of benzene rings is 1. The van der Waals surface area contributed by atoms with Crippen LogP contribution in [-0.4, -0.2) is 38.1 Å². The van der Waals surface area contributed by atoms with E-state index in [1.165, 1.54) is 5.56 Å². The van der Waals surface area contributed by atoms with Gasteiger partial charge in [-0.3, -0.25) is 0 Å². The molecule has 1 aromatic heterocycles. The minimum absolute atomic E-state index is 0.566. The molecule has 0 radical (unpaired) electrons. The molecule has 0 aliphatic rings. The Labute approximate surface area is 152 Å². The average molecular weight is 366 g/mol. The molecule has 0 amide bonds. The lowest BCUT2D eigenvalue weighted by Crippen LogP contribution is -2.38. The highest BCUT2D eigenvalue weighted by Crippen LogP contribution is 2.18. The molecule has 0 aliphatic carbocycles. The van der Waals surface area contributed by atoms with Crippen LogP contribution in [0.3, 0.4) is 0 Å². The van der Waals surface area contributed by atoms with Crippen molar-refractivity contribution < 1.29 is 0 Å². The number of halogens is 1. The van der Waals surface area contributed by atoms with Gasteiger partial charge in [0, 0.05) is 37.6 Å². The quantitative estimate of drug-likeness (QED) is 0.584. The highest BCUT2D eigenvalue weighted by molar-refractivity contribution is 7.13. The number of guanidine groups is 1. The van der Waals surface area contributed by atoms with Gasteiger partial charge in [-0.15, -0.1) is 11.3 Å². The number of aliphatic imine (C=N–C) groups is 1. The van der Waals surface area contributed by atoms with Crippen LogP contribution in [0.15, 0.2) is 34.6 Å². The van der Waals surface area contributed by atoms with Crippen molar-refractivity contribution in [3.8, 4) is 0 Å². The van der Waals surface area contributed by atoms with Crippen molar-refractivity contribution in [3.63, 3.8) is 0 Å². The topological polar surface area (TPSA) is 52.6 Å². The summed E-state index contributed by atoms with van der Waals surface area (Å²) < 4.78 is 0. The molecule has 2 rings (SSSR count). The van der Waals surface area contributed by atoms with Crippen LogP contribution in [0.25, 0.3) is 0 Å². The van der Waals surface area contributed by atoms with E-state index in [9.17, 15) is 0 Å². The Morgan fingerprint density at radius 2 is 2.17 bits per heavy atom. The van der Waals surface area contributed by atoms with Crippen molar-refractivity contribution in [2.45, 2.75) is 19.9 Å². The first kappa shape index (κ1) is 18.5. The summed E-state index contributed by atoms with van der Waals surface area (Å²) in [6.45, 7) is 4.24. The van der Waals surface area contributed by atoms with Crippen LogP contribution in [-0.2, 0) is 13.0 Å². The second-order valence-electron chi connectivity index (χ2n) is 5.52. The van der Waals surface area contributed by atoms with Crippen molar-refractivity contribution in [1.82, 2.24) is 15.6 Å². The summed E-state index contributed by atoms with van der Waals surface area (Å²) in [6, 6.07) is 7.93. The van der Waals surface area contributed by atoms with Crippen molar-refractivity contribution in [3.05, 3.63) is 45.9 Å². The number of nitrogens with one attached hydrogen (secondary N) is 2. The van der Waals surface area contributed by atoms with Gasteiger partial charge in [-0.2, -0.15) is 0 Å².